The number of H-pyrrole nitrogens is 1. The highest BCUT2D eigenvalue weighted by molar-refractivity contribution is 8.71. The smallest absolute Gasteiger partial charge is 0.326 e. The molecule has 16 nitrogen and oxygen atoms in total. The van der Waals surface area contributed by atoms with E-state index in [1.54, 1.807) is 0 Å². The molecule has 0 spiro atoms. The summed E-state index contributed by atoms with van der Waals surface area (Å²) in [6.07, 6.45) is 1.36. The molecule has 1 atom stereocenters. The number of fused-ring (bicyclic) bond motifs is 1. The van der Waals surface area contributed by atoms with E-state index in [1.165, 1.54) is 35.4 Å². The second-order valence-electron chi connectivity index (χ2n) is 8.58. The molecule has 0 fully saturated rings. The minimum absolute atomic E-state index is 0.00388. The minimum Gasteiger partial charge on any atom is -0.481 e. The summed E-state index contributed by atoms with van der Waals surface area (Å²) in [5.41, 5.74) is 5.29. The van der Waals surface area contributed by atoms with Gasteiger partial charge >= 0.3 is 11.9 Å². The van der Waals surface area contributed by atoms with E-state index in [0.717, 1.165) is 6.26 Å². The highest BCUT2D eigenvalue weighted by atomic mass is 33.1. The molecule has 0 aliphatic carbocycles. The van der Waals surface area contributed by atoms with Crippen molar-refractivity contribution in [1.82, 2.24) is 25.3 Å². The van der Waals surface area contributed by atoms with Gasteiger partial charge in [-0.3, -0.25) is 24.2 Å². The molecule has 2 heterocycles. The maximum atomic E-state index is 13.2. The Hall–Kier alpha value is -4.58. The highest BCUT2D eigenvalue weighted by Gasteiger charge is 2.23. The quantitative estimate of drug-likeness (QED) is 0.160. The van der Waals surface area contributed by atoms with Crippen molar-refractivity contribution in [1.29, 1.82) is 0 Å². The Morgan fingerprint density at radius 2 is 1.80 bits per heavy atom. The zero-order valence-corrected chi connectivity index (χ0v) is 23.1. The summed E-state index contributed by atoms with van der Waals surface area (Å²) in [6, 6.07) is 4.05. The largest absolute Gasteiger partial charge is 0.481 e. The predicted molar refractivity (Wildman–Crippen MR) is 148 cm³/mol. The van der Waals surface area contributed by atoms with Crippen LogP contribution in [0.2, 0.25) is 0 Å². The second-order valence-corrected chi connectivity index (χ2v) is 13.2. The maximum absolute atomic E-state index is 13.2. The molecule has 1 aromatic carbocycles. The van der Waals surface area contributed by atoms with Crippen molar-refractivity contribution < 1.29 is 37.8 Å². The minimum atomic E-state index is -3.39. The van der Waals surface area contributed by atoms with Gasteiger partial charge in [-0.1, -0.05) is 0 Å². The first-order valence-corrected chi connectivity index (χ1v) is 15.1. The third-order valence-electron chi connectivity index (χ3n) is 5.41. The molecule has 3 aromatic rings. The summed E-state index contributed by atoms with van der Waals surface area (Å²) < 4.78 is 23.0. The fourth-order valence-electron chi connectivity index (χ4n) is 3.51. The molecule has 0 bridgehead atoms. The van der Waals surface area contributed by atoms with Gasteiger partial charge < -0.3 is 26.2 Å². The first kappa shape index (κ1) is 31.0. The Morgan fingerprint density at radius 1 is 1.12 bits per heavy atom. The number of hydrogen-bond donors (Lipinski definition) is 5. The first-order valence-electron chi connectivity index (χ1n) is 11.7. The number of carboxylic acids is 2. The highest BCUT2D eigenvalue weighted by Crippen LogP contribution is 2.21. The molecule has 0 saturated carbocycles. The molecular formula is C23H25N7O9S2. The number of nitrogens with one attached hydrogen (secondary N) is 2. The SMILES string of the molecule is CS(=O)(=O)SCCC(=O)N(Cc1cnc2nc(N)[nH]c(=O)c2n1)c1ccc(C(=O)N[C@@H](CCC(=O)O)C(=O)O)cc1. The average molecular weight is 608 g/mol. The molecule has 6 N–H and O–H groups in total. The van der Waals surface area contributed by atoms with E-state index in [0.29, 0.717) is 10.8 Å². The van der Waals surface area contributed by atoms with Crippen LogP contribution in [0.1, 0.15) is 35.3 Å². The van der Waals surface area contributed by atoms with E-state index < -0.39 is 50.6 Å². The van der Waals surface area contributed by atoms with Gasteiger partial charge in [-0.2, -0.15) is 4.98 Å². The molecule has 218 valence electrons. The van der Waals surface area contributed by atoms with E-state index >= 15 is 0 Å². The molecule has 0 saturated heterocycles. The van der Waals surface area contributed by atoms with E-state index in [2.05, 4.69) is 25.3 Å². The van der Waals surface area contributed by atoms with Gasteiger partial charge in [0.25, 0.3) is 11.5 Å². The molecular weight excluding hydrogens is 582 g/mol. The van der Waals surface area contributed by atoms with Gasteiger partial charge in [-0.25, -0.2) is 23.2 Å². The summed E-state index contributed by atoms with van der Waals surface area (Å²) in [6.45, 7) is -0.184. The maximum Gasteiger partial charge on any atom is 0.326 e. The molecule has 3 rings (SSSR count). The third kappa shape index (κ3) is 8.97. The lowest BCUT2D eigenvalue weighted by atomic mass is 10.1. The number of aliphatic carboxylic acids is 2. The Balaban J connectivity index is 1.86. The molecule has 41 heavy (non-hydrogen) atoms. The van der Waals surface area contributed by atoms with Crippen molar-refractivity contribution >= 4 is 66.2 Å². The number of carboxylic acid groups (broad SMARTS) is 2. The van der Waals surface area contributed by atoms with Crippen molar-refractivity contribution in [3.63, 3.8) is 0 Å². The van der Waals surface area contributed by atoms with Crippen LogP contribution in [0.4, 0.5) is 11.6 Å². The number of nitrogens with zero attached hydrogens (tertiary/aromatic N) is 4. The lowest BCUT2D eigenvalue weighted by Gasteiger charge is -2.23. The number of aromatic amines is 1. The van der Waals surface area contributed by atoms with Gasteiger partial charge in [0.2, 0.25) is 11.9 Å². The predicted octanol–water partition coefficient (Wildman–Crippen LogP) is -0.0408. The summed E-state index contributed by atoms with van der Waals surface area (Å²) in [4.78, 5) is 75.9. The number of nitrogen functional groups attached to an aromatic ring is 1. The summed E-state index contributed by atoms with van der Waals surface area (Å²) in [7, 11) is -2.79. The molecule has 18 heteroatoms. The molecule has 0 aliphatic heterocycles. The lowest BCUT2D eigenvalue weighted by molar-refractivity contribution is -0.140. The van der Waals surface area contributed by atoms with Crippen LogP contribution in [0.3, 0.4) is 0 Å². The van der Waals surface area contributed by atoms with E-state index in [4.69, 9.17) is 10.8 Å². The van der Waals surface area contributed by atoms with Crippen molar-refractivity contribution in [3.8, 4) is 0 Å². The second kappa shape index (κ2) is 13.2. The molecule has 0 aliphatic rings. The number of amides is 2. The van der Waals surface area contributed by atoms with E-state index in [9.17, 15) is 37.5 Å². The van der Waals surface area contributed by atoms with Gasteiger partial charge in [0.05, 0.1) is 18.4 Å². The Kier molecular flexibility index (Phi) is 9.95. The number of hydrogen-bond acceptors (Lipinski definition) is 12. The summed E-state index contributed by atoms with van der Waals surface area (Å²) >= 11 is 0. The van der Waals surface area contributed by atoms with Crippen molar-refractivity contribution in [2.75, 3.05) is 22.6 Å². The van der Waals surface area contributed by atoms with Gasteiger partial charge in [0.1, 0.15) is 6.04 Å². The Bertz CT molecular complexity index is 1640. The zero-order chi connectivity index (χ0) is 30.3. The topological polar surface area (TPSA) is 256 Å². The molecule has 2 amide bonds. The monoisotopic (exact) mass is 607 g/mol. The van der Waals surface area contributed by atoms with Crippen LogP contribution in [-0.4, -0.2) is 80.4 Å². The van der Waals surface area contributed by atoms with Crippen LogP contribution in [0, 0.1) is 0 Å². The van der Waals surface area contributed by atoms with Crippen LogP contribution in [0.5, 0.6) is 0 Å². The van der Waals surface area contributed by atoms with Crippen LogP contribution >= 0.6 is 10.8 Å². The number of benzene rings is 1. The fourth-order valence-corrected chi connectivity index (χ4v) is 5.23. The Labute approximate surface area is 235 Å². The van der Waals surface area contributed by atoms with Gasteiger partial charge in [0, 0.05) is 36.1 Å². The van der Waals surface area contributed by atoms with Crippen LogP contribution in [0.25, 0.3) is 11.2 Å². The lowest BCUT2D eigenvalue weighted by Crippen LogP contribution is -2.41. The van der Waals surface area contributed by atoms with Gasteiger partial charge in [0.15, 0.2) is 20.0 Å². The van der Waals surface area contributed by atoms with Gasteiger partial charge in [-0.15, -0.1) is 0 Å². The first-order chi connectivity index (χ1) is 19.2. The zero-order valence-electron chi connectivity index (χ0n) is 21.4. The number of anilines is 2. The number of carbonyl (C=O) groups is 4. The van der Waals surface area contributed by atoms with Crippen LogP contribution < -0.4 is 21.5 Å². The van der Waals surface area contributed by atoms with Crippen molar-refractivity contribution in [3.05, 3.63) is 52.1 Å². The van der Waals surface area contributed by atoms with E-state index in [1.807, 2.05) is 0 Å². The standard InChI is InChI=1S/C23H25N7O9S2/c1-41(38,39)40-9-8-16(31)30(11-13-10-25-19-18(26-13)21(35)29-23(24)28-19)14-4-2-12(3-5-14)20(34)27-15(22(36)37)6-7-17(32)33/h2-5,10,15H,6-9,11H2,1H3,(H,27,34)(H,32,33)(H,36,37)(H3,24,25,28,29,35)/t15-/m0/s1. The van der Waals surface area contributed by atoms with Gasteiger partial charge in [-0.05, 0) is 41.5 Å². The molecule has 0 unspecified atom stereocenters. The number of aromatic nitrogens is 4. The number of rotatable bonds is 13. The number of carbonyl (C=O) groups excluding carboxylic acids is 2. The van der Waals surface area contributed by atoms with Crippen molar-refractivity contribution in [2.24, 2.45) is 0 Å². The summed E-state index contributed by atoms with van der Waals surface area (Å²) in [5, 5.41) is 20.3. The summed E-state index contributed by atoms with van der Waals surface area (Å²) in [5.74, 6) is -4.06. The van der Waals surface area contributed by atoms with E-state index in [-0.39, 0.29) is 59.2 Å². The Morgan fingerprint density at radius 3 is 2.41 bits per heavy atom. The molecule has 0 radical (unpaired) electrons. The number of nitrogens with two attached hydrogens (primary N) is 1. The molecule has 2 aromatic heterocycles. The van der Waals surface area contributed by atoms with Crippen LogP contribution in [0.15, 0.2) is 35.3 Å². The fraction of sp³-hybridized carbons (Fsp3) is 0.304. The van der Waals surface area contributed by atoms with Crippen LogP contribution in [-0.2, 0) is 29.8 Å². The average Bonchev–Trinajstić information content (AvgIpc) is 2.88. The van der Waals surface area contributed by atoms with Crippen molar-refractivity contribution in [2.45, 2.75) is 31.8 Å². The third-order valence-corrected chi connectivity index (χ3v) is 8.00. The normalized spacial score (nSPS) is 12.0.